The normalized spacial score (nSPS) is 17.2. The van der Waals surface area contributed by atoms with Crippen molar-refractivity contribution in [2.75, 3.05) is 17.1 Å². The first-order chi connectivity index (χ1) is 12.9. The fourth-order valence-corrected chi connectivity index (χ4v) is 4.86. The fraction of sp³-hybridized carbons (Fsp3) is 0.455. The van der Waals surface area contributed by atoms with E-state index in [0.717, 1.165) is 54.5 Å². The van der Waals surface area contributed by atoms with Crippen molar-refractivity contribution in [2.24, 2.45) is 0 Å². The van der Waals surface area contributed by atoms with Crippen molar-refractivity contribution < 1.29 is 13.5 Å². The Morgan fingerprint density at radius 2 is 1.85 bits per heavy atom. The quantitative estimate of drug-likeness (QED) is 0.762. The molecule has 0 amide bonds. The second kappa shape index (κ2) is 8.44. The molecule has 1 aliphatic rings. The van der Waals surface area contributed by atoms with Gasteiger partial charge in [0.05, 0.1) is 18.0 Å². The van der Waals surface area contributed by atoms with Crippen LogP contribution in [0.3, 0.4) is 0 Å². The van der Waals surface area contributed by atoms with Crippen LogP contribution < -0.4 is 4.31 Å². The molecule has 2 aromatic carbocycles. The summed E-state index contributed by atoms with van der Waals surface area (Å²) >= 11 is 0. The summed E-state index contributed by atoms with van der Waals surface area (Å²) in [7, 11) is -3.41. The molecule has 5 heteroatoms. The molecule has 0 bridgehead atoms. The Balaban J connectivity index is 1.93. The van der Waals surface area contributed by atoms with E-state index < -0.39 is 16.1 Å². The van der Waals surface area contributed by atoms with Crippen LogP contribution in [0, 0.1) is 0 Å². The standard InChI is InChI=1S/C22H29NO3S/c1-3-17-8-6-9-18(16-17)14-15-23(27(2,25)26)21-12-7-11-20-19(21)10-4-5-13-22(20)24/h6-9,11-12,16,22,24H,3-5,10,13-15H2,1-2H3. The monoisotopic (exact) mass is 387 g/mol. The summed E-state index contributed by atoms with van der Waals surface area (Å²) in [6, 6.07) is 14.0. The Bertz CT molecular complexity index is 892. The summed E-state index contributed by atoms with van der Waals surface area (Å²) in [5, 5.41) is 10.4. The molecule has 0 aliphatic heterocycles. The number of benzene rings is 2. The van der Waals surface area contributed by atoms with Crippen LogP contribution >= 0.6 is 0 Å². The number of hydrogen-bond donors (Lipinski definition) is 1. The number of fused-ring (bicyclic) bond motifs is 1. The molecule has 4 nitrogen and oxygen atoms in total. The molecule has 0 saturated carbocycles. The minimum Gasteiger partial charge on any atom is -0.388 e. The highest BCUT2D eigenvalue weighted by atomic mass is 32.2. The van der Waals surface area contributed by atoms with Crippen LogP contribution in [0.5, 0.6) is 0 Å². The zero-order chi connectivity index (χ0) is 19.4. The van der Waals surface area contributed by atoms with Gasteiger partial charge in [-0.05, 0) is 60.4 Å². The summed E-state index contributed by atoms with van der Waals surface area (Å²) < 4.78 is 26.7. The molecule has 0 fully saturated rings. The van der Waals surface area contributed by atoms with Crippen LogP contribution in [0.4, 0.5) is 5.69 Å². The molecule has 1 aliphatic carbocycles. The van der Waals surface area contributed by atoms with Crippen molar-refractivity contribution in [3.63, 3.8) is 0 Å². The zero-order valence-electron chi connectivity index (χ0n) is 16.2. The Labute approximate surface area is 162 Å². The molecule has 0 aromatic heterocycles. The van der Waals surface area contributed by atoms with Crippen molar-refractivity contribution in [1.82, 2.24) is 0 Å². The Hall–Kier alpha value is -1.85. The lowest BCUT2D eigenvalue weighted by atomic mass is 9.99. The van der Waals surface area contributed by atoms with Crippen LogP contribution in [-0.4, -0.2) is 26.3 Å². The van der Waals surface area contributed by atoms with Gasteiger partial charge in [0, 0.05) is 6.54 Å². The topological polar surface area (TPSA) is 57.6 Å². The lowest BCUT2D eigenvalue weighted by Crippen LogP contribution is -2.33. The van der Waals surface area contributed by atoms with Gasteiger partial charge in [0.1, 0.15) is 0 Å². The molecule has 27 heavy (non-hydrogen) atoms. The number of nitrogens with zero attached hydrogens (tertiary/aromatic N) is 1. The number of anilines is 1. The summed E-state index contributed by atoms with van der Waals surface area (Å²) in [5.41, 5.74) is 4.99. The molecule has 1 atom stereocenters. The molecule has 1 unspecified atom stereocenters. The van der Waals surface area contributed by atoms with Gasteiger partial charge in [0.25, 0.3) is 0 Å². The highest BCUT2D eigenvalue weighted by Gasteiger charge is 2.25. The van der Waals surface area contributed by atoms with Crippen LogP contribution in [0.25, 0.3) is 0 Å². The third-order valence-electron chi connectivity index (χ3n) is 5.37. The van der Waals surface area contributed by atoms with Gasteiger partial charge in [-0.1, -0.05) is 49.7 Å². The first-order valence-corrected chi connectivity index (χ1v) is 11.6. The summed E-state index contributed by atoms with van der Waals surface area (Å²) in [4.78, 5) is 0. The van der Waals surface area contributed by atoms with E-state index in [1.165, 1.54) is 16.1 Å². The van der Waals surface area contributed by atoms with Crippen LogP contribution in [0.2, 0.25) is 0 Å². The number of aliphatic hydroxyl groups is 1. The van der Waals surface area contributed by atoms with Gasteiger partial charge in [-0.2, -0.15) is 0 Å². The molecular weight excluding hydrogens is 358 g/mol. The number of hydrogen-bond acceptors (Lipinski definition) is 3. The number of rotatable bonds is 6. The van der Waals surface area contributed by atoms with E-state index in [1.54, 1.807) is 0 Å². The Morgan fingerprint density at radius 1 is 1.11 bits per heavy atom. The van der Waals surface area contributed by atoms with E-state index in [0.29, 0.717) is 13.0 Å². The average molecular weight is 388 g/mol. The molecule has 0 spiro atoms. The van der Waals surface area contributed by atoms with Crippen molar-refractivity contribution in [2.45, 2.75) is 51.6 Å². The highest BCUT2D eigenvalue weighted by Crippen LogP contribution is 2.35. The third kappa shape index (κ3) is 4.71. The van der Waals surface area contributed by atoms with Crippen LogP contribution in [0.15, 0.2) is 42.5 Å². The number of sulfonamides is 1. The molecule has 146 valence electrons. The lowest BCUT2D eigenvalue weighted by Gasteiger charge is -2.27. The number of aryl methyl sites for hydroxylation is 1. The largest absolute Gasteiger partial charge is 0.388 e. The molecule has 0 heterocycles. The predicted molar refractivity (Wildman–Crippen MR) is 111 cm³/mol. The van der Waals surface area contributed by atoms with E-state index >= 15 is 0 Å². The first-order valence-electron chi connectivity index (χ1n) is 9.75. The summed E-state index contributed by atoms with van der Waals surface area (Å²) in [6.07, 6.45) is 5.85. The summed E-state index contributed by atoms with van der Waals surface area (Å²) in [5.74, 6) is 0. The average Bonchev–Trinajstić information content (AvgIpc) is 2.83. The van der Waals surface area contributed by atoms with E-state index in [-0.39, 0.29) is 0 Å². The molecule has 0 saturated heterocycles. The first kappa shape index (κ1) is 19.9. The van der Waals surface area contributed by atoms with Crippen molar-refractivity contribution in [3.05, 3.63) is 64.7 Å². The lowest BCUT2D eigenvalue weighted by molar-refractivity contribution is 0.166. The van der Waals surface area contributed by atoms with Crippen molar-refractivity contribution in [1.29, 1.82) is 0 Å². The maximum absolute atomic E-state index is 12.6. The van der Waals surface area contributed by atoms with Gasteiger partial charge in [-0.15, -0.1) is 0 Å². The molecule has 0 radical (unpaired) electrons. The van der Waals surface area contributed by atoms with Crippen molar-refractivity contribution in [3.8, 4) is 0 Å². The summed E-state index contributed by atoms with van der Waals surface area (Å²) in [6.45, 7) is 2.52. The smallest absolute Gasteiger partial charge is 0.232 e. The van der Waals surface area contributed by atoms with Crippen LogP contribution in [-0.2, 0) is 29.3 Å². The maximum atomic E-state index is 12.6. The predicted octanol–water partition coefficient (Wildman–Crippen LogP) is 4.02. The minimum absolute atomic E-state index is 0.401. The second-order valence-corrected chi connectivity index (χ2v) is 9.27. The van der Waals surface area contributed by atoms with Crippen LogP contribution in [0.1, 0.15) is 54.5 Å². The molecule has 2 aromatic rings. The van der Waals surface area contributed by atoms with E-state index in [4.69, 9.17) is 0 Å². The Kier molecular flexibility index (Phi) is 6.22. The number of aliphatic hydroxyl groups excluding tert-OH is 1. The third-order valence-corrected chi connectivity index (χ3v) is 6.55. The van der Waals surface area contributed by atoms with Gasteiger partial charge >= 0.3 is 0 Å². The fourth-order valence-electron chi connectivity index (χ4n) is 3.91. The van der Waals surface area contributed by atoms with Gasteiger partial charge < -0.3 is 5.11 Å². The van der Waals surface area contributed by atoms with Gasteiger partial charge in [0.15, 0.2) is 0 Å². The Morgan fingerprint density at radius 3 is 2.59 bits per heavy atom. The zero-order valence-corrected chi connectivity index (χ0v) is 17.0. The van der Waals surface area contributed by atoms with Crippen molar-refractivity contribution >= 4 is 15.7 Å². The van der Waals surface area contributed by atoms with E-state index in [2.05, 4.69) is 25.1 Å². The minimum atomic E-state index is -3.41. The SMILES string of the molecule is CCc1cccc(CCN(c2cccc3c2CCCCC3O)S(C)(=O)=O)c1. The molecular formula is C22H29NO3S. The van der Waals surface area contributed by atoms with E-state index in [1.807, 2.05) is 24.3 Å². The second-order valence-electron chi connectivity index (χ2n) is 7.37. The highest BCUT2D eigenvalue weighted by molar-refractivity contribution is 7.92. The molecule has 3 rings (SSSR count). The van der Waals surface area contributed by atoms with Gasteiger partial charge in [0.2, 0.25) is 10.0 Å². The van der Waals surface area contributed by atoms with Gasteiger partial charge in [-0.25, -0.2) is 8.42 Å². The van der Waals surface area contributed by atoms with E-state index in [9.17, 15) is 13.5 Å². The molecule has 1 N–H and O–H groups in total. The maximum Gasteiger partial charge on any atom is 0.232 e. The van der Waals surface area contributed by atoms with Gasteiger partial charge in [-0.3, -0.25) is 4.31 Å².